The molecular weight excluding hydrogens is 236 g/mol. The minimum absolute atomic E-state index is 0.00294. The Labute approximate surface area is 115 Å². The SMILES string of the molecule is OC1c2ccccc2CCC1OCC1CCCCC1. The minimum atomic E-state index is -0.437. The largest absolute Gasteiger partial charge is 0.386 e. The lowest BCUT2D eigenvalue weighted by Crippen LogP contribution is -2.30. The van der Waals surface area contributed by atoms with E-state index in [1.807, 2.05) is 12.1 Å². The van der Waals surface area contributed by atoms with Crippen molar-refractivity contribution in [3.63, 3.8) is 0 Å². The standard InChI is InChI=1S/C17H24O2/c18-17-15-9-5-4-8-14(15)10-11-16(17)19-12-13-6-2-1-3-7-13/h4-5,8-9,13,16-18H,1-3,6-7,10-12H2. The van der Waals surface area contributed by atoms with Crippen molar-refractivity contribution in [2.75, 3.05) is 6.61 Å². The molecular formula is C17H24O2. The number of ether oxygens (including phenoxy) is 1. The van der Waals surface area contributed by atoms with Crippen molar-refractivity contribution in [2.24, 2.45) is 5.92 Å². The number of aryl methyl sites for hydroxylation is 1. The molecule has 104 valence electrons. The smallest absolute Gasteiger partial charge is 0.105 e. The van der Waals surface area contributed by atoms with E-state index in [0.717, 1.165) is 30.9 Å². The van der Waals surface area contributed by atoms with Gasteiger partial charge in [-0.1, -0.05) is 43.5 Å². The summed E-state index contributed by atoms with van der Waals surface area (Å²) in [6, 6.07) is 8.21. The van der Waals surface area contributed by atoms with Gasteiger partial charge in [0.05, 0.1) is 6.10 Å². The molecule has 2 aliphatic carbocycles. The molecule has 1 fully saturated rings. The van der Waals surface area contributed by atoms with Crippen LogP contribution in [0.15, 0.2) is 24.3 Å². The molecule has 0 aliphatic heterocycles. The van der Waals surface area contributed by atoms with E-state index in [-0.39, 0.29) is 6.10 Å². The number of aliphatic hydroxyl groups is 1. The normalized spacial score (nSPS) is 28.1. The number of fused-ring (bicyclic) bond motifs is 1. The van der Waals surface area contributed by atoms with Gasteiger partial charge in [-0.05, 0) is 42.7 Å². The molecule has 0 radical (unpaired) electrons. The molecule has 2 heteroatoms. The lowest BCUT2D eigenvalue weighted by atomic mass is 9.87. The summed E-state index contributed by atoms with van der Waals surface area (Å²) in [6.07, 6.45) is 8.24. The second-order valence-electron chi connectivity index (χ2n) is 6.06. The van der Waals surface area contributed by atoms with E-state index < -0.39 is 6.10 Å². The van der Waals surface area contributed by atoms with Crippen LogP contribution in [-0.4, -0.2) is 17.8 Å². The third-order valence-corrected chi connectivity index (χ3v) is 4.69. The average molecular weight is 260 g/mol. The van der Waals surface area contributed by atoms with E-state index in [2.05, 4.69) is 12.1 Å². The molecule has 1 aromatic rings. The highest BCUT2D eigenvalue weighted by Gasteiger charge is 2.29. The third-order valence-electron chi connectivity index (χ3n) is 4.69. The van der Waals surface area contributed by atoms with Crippen LogP contribution >= 0.6 is 0 Å². The van der Waals surface area contributed by atoms with Crippen LogP contribution in [0.3, 0.4) is 0 Å². The first-order valence-corrected chi connectivity index (χ1v) is 7.72. The molecule has 2 aliphatic rings. The number of hydrogen-bond donors (Lipinski definition) is 1. The highest BCUT2D eigenvalue weighted by molar-refractivity contribution is 5.32. The summed E-state index contributed by atoms with van der Waals surface area (Å²) in [5.41, 5.74) is 2.36. The molecule has 3 rings (SSSR count). The van der Waals surface area contributed by atoms with E-state index in [0.29, 0.717) is 0 Å². The first-order chi connectivity index (χ1) is 9.34. The predicted molar refractivity (Wildman–Crippen MR) is 76.0 cm³/mol. The van der Waals surface area contributed by atoms with Gasteiger partial charge in [0.15, 0.2) is 0 Å². The third kappa shape index (κ3) is 3.01. The number of rotatable bonds is 3. The average Bonchev–Trinajstić information content (AvgIpc) is 2.48. The van der Waals surface area contributed by atoms with Gasteiger partial charge in [0, 0.05) is 6.61 Å². The summed E-state index contributed by atoms with van der Waals surface area (Å²) >= 11 is 0. The Bertz CT molecular complexity index is 409. The fourth-order valence-corrected chi connectivity index (χ4v) is 3.49. The zero-order valence-corrected chi connectivity index (χ0v) is 11.6. The van der Waals surface area contributed by atoms with Crippen LogP contribution in [0.25, 0.3) is 0 Å². The van der Waals surface area contributed by atoms with Crippen LogP contribution in [0.2, 0.25) is 0 Å². The maximum absolute atomic E-state index is 10.4. The van der Waals surface area contributed by atoms with Crippen molar-refractivity contribution in [1.82, 2.24) is 0 Å². The van der Waals surface area contributed by atoms with Gasteiger partial charge in [0.2, 0.25) is 0 Å². The van der Waals surface area contributed by atoms with Crippen molar-refractivity contribution in [3.8, 4) is 0 Å². The zero-order valence-electron chi connectivity index (χ0n) is 11.6. The number of aliphatic hydroxyl groups excluding tert-OH is 1. The van der Waals surface area contributed by atoms with Gasteiger partial charge in [-0.15, -0.1) is 0 Å². The molecule has 1 N–H and O–H groups in total. The fraction of sp³-hybridized carbons (Fsp3) is 0.647. The van der Waals surface area contributed by atoms with Crippen LogP contribution in [0.5, 0.6) is 0 Å². The van der Waals surface area contributed by atoms with Crippen LogP contribution in [0.1, 0.15) is 55.8 Å². The van der Waals surface area contributed by atoms with Crippen molar-refractivity contribution >= 4 is 0 Å². The molecule has 0 heterocycles. The number of benzene rings is 1. The maximum atomic E-state index is 10.4. The van der Waals surface area contributed by atoms with Crippen molar-refractivity contribution in [1.29, 1.82) is 0 Å². The Morgan fingerprint density at radius 3 is 2.68 bits per heavy atom. The van der Waals surface area contributed by atoms with Crippen LogP contribution < -0.4 is 0 Å². The first-order valence-electron chi connectivity index (χ1n) is 7.72. The molecule has 2 unspecified atom stereocenters. The highest BCUT2D eigenvalue weighted by atomic mass is 16.5. The second kappa shape index (κ2) is 6.06. The quantitative estimate of drug-likeness (QED) is 0.899. The summed E-state index contributed by atoms with van der Waals surface area (Å²) < 4.78 is 6.04. The van der Waals surface area contributed by atoms with Crippen LogP contribution in [0, 0.1) is 5.92 Å². The summed E-state index contributed by atoms with van der Waals surface area (Å²) in [7, 11) is 0. The topological polar surface area (TPSA) is 29.5 Å². The molecule has 0 saturated heterocycles. The molecule has 1 saturated carbocycles. The Balaban J connectivity index is 1.57. The molecule has 2 atom stereocenters. The monoisotopic (exact) mass is 260 g/mol. The molecule has 0 bridgehead atoms. The Hall–Kier alpha value is -0.860. The number of hydrogen-bond acceptors (Lipinski definition) is 2. The second-order valence-corrected chi connectivity index (χ2v) is 6.06. The van der Waals surface area contributed by atoms with Gasteiger partial charge in [0.1, 0.15) is 6.10 Å². The summed E-state index contributed by atoms with van der Waals surface area (Å²) in [5.74, 6) is 0.720. The van der Waals surface area contributed by atoms with Crippen LogP contribution in [-0.2, 0) is 11.2 Å². The van der Waals surface area contributed by atoms with Crippen molar-refractivity contribution in [2.45, 2.75) is 57.2 Å². The van der Waals surface area contributed by atoms with Crippen LogP contribution in [0.4, 0.5) is 0 Å². The first kappa shape index (κ1) is 13.1. The fourth-order valence-electron chi connectivity index (χ4n) is 3.49. The molecule has 0 amide bonds. The predicted octanol–water partition coefficient (Wildman–Crippen LogP) is 3.63. The van der Waals surface area contributed by atoms with Gasteiger partial charge in [-0.2, -0.15) is 0 Å². The summed E-state index contributed by atoms with van der Waals surface area (Å²) in [4.78, 5) is 0. The van der Waals surface area contributed by atoms with Gasteiger partial charge in [-0.3, -0.25) is 0 Å². The van der Waals surface area contributed by atoms with E-state index in [4.69, 9.17) is 4.74 Å². The Morgan fingerprint density at radius 2 is 1.84 bits per heavy atom. The maximum Gasteiger partial charge on any atom is 0.105 e. The molecule has 19 heavy (non-hydrogen) atoms. The summed E-state index contributed by atoms with van der Waals surface area (Å²) in [5, 5.41) is 10.4. The van der Waals surface area contributed by atoms with Crippen molar-refractivity contribution < 1.29 is 9.84 Å². The van der Waals surface area contributed by atoms with E-state index in [1.54, 1.807) is 0 Å². The highest BCUT2D eigenvalue weighted by Crippen LogP contribution is 2.33. The molecule has 2 nitrogen and oxygen atoms in total. The van der Waals surface area contributed by atoms with E-state index in [9.17, 15) is 5.11 Å². The van der Waals surface area contributed by atoms with E-state index >= 15 is 0 Å². The van der Waals surface area contributed by atoms with Gasteiger partial charge < -0.3 is 9.84 Å². The van der Waals surface area contributed by atoms with E-state index in [1.165, 1.54) is 37.7 Å². The Kier molecular flexibility index (Phi) is 4.19. The molecule has 0 spiro atoms. The molecule has 0 aromatic heterocycles. The van der Waals surface area contributed by atoms with Crippen molar-refractivity contribution in [3.05, 3.63) is 35.4 Å². The lowest BCUT2D eigenvalue weighted by Gasteiger charge is -2.32. The van der Waals surface area contributed by atoms with Gasteiger partial charge >= 0.3 is 0 Å². The Morgan fingerprint density at radius 1 is 1.05 bits per heavy atom. The zero-order chi connectivity index (χ0) is 13.1. The minimum Gasteiger partial charge on any atom is -0.386 e. The van der Waals surface area contributed by atoms with Gasteiger partial charge in [0.25, 0.3) is 0 Å². The lowest BCUT2D eigenvalue weighted by molar-refractivity contribution is -0.0629. The van der Waals surface area contributed by atoms with Gasteiger partial charge in [-0.25, -0.2) is 0 Å². The summed E-state index contributed by atoms with van der Waals surface area (Å²) in [6.45, 7) is 0.837. The molecule has 1 aromatic carbocycles.